The topological polar surface area (TPSA) is 15.3 Å². The first-order valence-corrected chi connectivity index (χ1v) is 22.8. The molecule has 0 saturated heterocycles. The van der Waals surface area contributed by atoms with Crippen molar-refractivity contribution in [2.75, 3.05) is 10.2 Å². The smallest absolute Gasteiger partial charge is 0.198 e. The minimum atomic E-state index is -0.133. The van der Waals surface area contributed by atoms with Crippen molar-refractivity contribution in [1.82, 2.24) is 0 Å². The van der Waals surface area contributed by atoms with Gasteiger partial charge in [0.15, 0.2) is 7.28 Å². The van der Waals surface area contributed by atoms with Crippen LogP contribution in [0.2, 0.25) is 0 Å². The van der Waals surface area contributed by atoms with E-state index in [1.54, 1.807) is 0 Å². The highest BCUT2D eigenvalue weighted by Gasteiger charge is 2.43. The van der Waals surface area contributed by atoms with Gasteiger partial charge in [-0.15, -0.1) is 11.3 Å². The molecule has 0 saturated carbocycles. The SMILES string of the molecule is CC1(C)CCC(C)(C)c2cc(Nc3c(-c4c5c(cc6c4sc4ccccc46)N4c6ccccc6C(C)(C)c6cccc(c64)B5)ccc4c3-c3ccccc3C4(C)C)ccc21. The van der Waals surface area contributed by atoms with Gasteiger partial charge in [-0.2, -0.15) is 0 Å². The summed E-state index contributed by atoms with van der Waals surface area (Å²) in [5.41, 5.74) is 22.9. The molecule has 4 aliphatic rings. The Hall–Kier alpha value is -5.58. The lowest BCUT2D eigenvalue weighted by Crippen LogP contribution is -2.45. The van der Waals surface area contributed by atoms with Gasteiger partial charge in [0.2, 0.25) is 0 Å². The summed E-state index contributed by atoms with van der Waals surface area (Å²) in [6.45, 7) is 19.3. The van der Waals surface area contributed by atoms with Crippen molar-refractivity contribution in [3.8, 4) is 22.3 Å². The first kappa shape index (κ1) is 36.3. The summed E-state index contributed by atoms with van der Waals surface area (Å²) in [7, 11) is 0.869. The Morgan fingerprint density at radius 1 is 0.533 bits per heavy atom. The van der Waals surface area contributed by atoms with Crippen LogP contribution in [0.25, 0.3) is 42.4 Å². The molecule has 0 fully saturated rings. The van der Waals surface area contributed by atoms with Crippen LogP contribution >= 0.6 is 11.3 Å². The first-order valence-electron chi connectivity index (χ1n) is 21.9. The molecule has 0 bridgehead atoms. The third kappa shape index (κ3) is 4.77. The fourth-order valence-electron chi connectivity index (χ4n) is 11.9. The number of para-hydroxylation sites is 2. The largest absolute Gasteiger partial charge is 0.354 e. The van der Waals surface area contributed by atoms with Gasteiger partial charge in [-0.25, -0.2) is 0 Å². The van der Waals surface area contributed by atoms with Crippen molar-refractivity contribution in [3.63, 3.8) is 0 Å². The Morgan fingerprint density at radius 3 is 2.05 bits per heavy atom. The maximum atomic E-state index is 4.25. The van der Waals surface area contributed by atoms with Gasteiger partial charge in [-0.3, -0.25) is 0 Å². The van der Waals surface area contributed by atoms with Crippen LogP contribution in [0, 0.1) is 0 Å². The normalized spacial score (nSPS) is 17.8. The molecule has 0 amide bonds. The number of hydrogen-bond donors (Lipinski definition) is 1. The zero-order valence-electron chi connectivity index (χ0n) is 36.1. The van der Waals surface area contributed by atoms with E-state index >= 15 is 0 Å². The van der Waals surface area contributed by atoms with E-state index < -0.39 is 0 Å². The van der Waals surface area contributed by atoms with Crippen molar-refractivity contribution in [2.45, 2.75) is 89.9 Å². The standard InChI is InChI=1S/C56H51BN2S/c1-53(2)28-29-54(3,4)42-30-32(24-26-38(42)53)58-50-35(25-27-40-47(50)34-17-9-11-18-37(34)55(40,5)6)48-49-45(31-36-33-16-10-14-23-46(33)60-52(36)48)59-44-22-13-12-19-39(44)56(7,8)41-20-15-21-43(57-49)51(41)59/h9-27,30-31,57-58H,28-29H2,1-8H3. The van der Waals surface area contributed by atoms with Crippen molar-refractivity contribution in [1.29, 1.82) is 0 Å². The summed E-state index contributed by atoms with van der Waals surface area (Å²) < 4.78 is 2.69. The van der Waals surface area contributed by atoms with Crippen LogP contribution in [0.5, 0.6) is 0 Å². The molecular formula is C56H51BN2S. The van der Waals surface area contributed by atoms with Gasteiger partial charge < -0.3 is 10.2 Å². The molecule has 1 N–H and O–H groups in total. The van der Waals surface area contributed by atoms with Crippen LogP contribution in [0.15, 0.2) is 127 Å². The Morgan fingerprint density at radius 2 is 1.22 bits per heavy atom. The van der Waals surface area contributed by atoms with E-state index in [1.165, 1.54) is 122 Å². The number of anilines is 5. The molecule has 0 unspecified atom stereocenters. The molecule has 2 aliphatic carbocycles. The van der Waals surface area contributed by atoms with Gasteiger partial charge in [0.1, 0.15) is 0 Å². The van der Waals surface area contributed by atoms with Gasteiger partial charge in [0.05, 0.1) is 11.4 Å². The highest BCUT2D eigenvalue weighted by Crippen LogP contribution is 2.58. The summed E-state index contributed by atoms with van der Waals surface area (Å²) in [5, 5.41) is 6.91. The Balaban J connectivity index is 1.19. The van der Waals surface area contributed by atoms with Gasteiger partial charge in [-0.05, 0) is 104 Å². The number of nitrogens with zero attached hydrogens (tertiary/aromatic N) is 1. The predicted molar refractivity (Wildman–Crippen MR) is 261 cm³/mol. The van der Waals surface area contributed by atoms with Gasteiger partial charge >= 0.3 is 0 Å². The predicted octanol–water partition coefficient (Wildman–Crippen LogP) is 13.9. The fourth-order valence-corrected chi connectivity index (χ4v) is 13.2. The molecule has 1 aromatic heterocycles. The highest BCUT2D eigenvalue weighted by molar-refractivity contribution is 7.26. The van der Waals surface area contributed by atoms with E-state index in [-0.39, 0.29) is 21.7 Å². The monoisotopic (exact) mass is 794 g/mol. The summed E-state index contributed by atoms with van der Waals surface area (Å²) in [6.07, 6.45) is 2.39. The van der Waals surface area contributed by atoms with Crippen LogP contribution in [0.3, 0.4) is 0 Å². The van der Waals surface area contributed by atoms with Crippen molar-refractivity contribution in [2.24, 2.45) is 0 Å². The van der Waals surface area contributed by atoms with E-state index in [1.807, 2.05) is 11.3 Å². The van der Waals surface area contributed by atoms with Crippen molar-refractivity contribution >= 4 is 78.2 Å². The first-order chi connectivity index (χ1) is 28.8. The average molecular weight is 795 g/mol. The lowest BCUT2D eigenvalue weighted by atomic mass is 9.55. The maximum Gasteiger partial charge on any atom is 0.198 e. The maximum absolute atomic E-state index is 4.25. The number of hydrogen-bond acceptors (Lipinski definition) is 3. The van der Waals surface area contributed by atoms with Crippen molar-refractivity contribution in [3.05, 3.63) is 161 Å². The number of thiophene rings is 1. The summed E-state index contributed by atoms with van der Waals surface area (Å²) in [5.74, 6) is 0. The number of benzene rings is 7. The fraction of sp³-hybridized carbons (Fsp3) is 0.250. The van der Waals surface area contributed by atoms with Crippen LogP contribution in [0.1, 0.15) is 102 Å². The Kier molecular flexibility index (Phi) is 7.28. The highest BCUT2D eigenvalue weighted by atomic mass is 32.1. The molecule has 4 heteroatoms. The quantitative estimate of drug-likeness (QED) is 0.179. The van der Waals surface area contributed by atoms with Gasteiger partial charge in [0.25, 0.3) is 0 Å². The molecule has 3 heterocycles. The van der Waals surface area contributed by atoms with Crippen LogP contribution in [-0.2, 0) is 21.7 Å². The molecule has 60 heavy (non-hydrogen) atoms. The molecule has 294 valence electrons. The minimum Gasteiger partial charge on any atom is -0.354 e. The summed E-state index contributed by atoms with van der Waals surface area (Å²) in [6, 6.07) is 49.1. The second kappa shape index (κ2) is 12.0. The Bertz CT molecular complexity index is 3180. The van der Waals surface area contributed by atoms with Gasteiger partial charge in [-0.1, -0.05) is 158 Å². The van der Waals surface area contributed by atoms with Gasteiger partial charge in [0, 0.05) is 59.2 Å². The minimum absolute atomic E-state index is 0.103. The van der Waals surface area contributed by atoms with E-state index in [9.17, 15) is 0 Å². The van der Waals surface area contributed by atoms with E-state index in [2.05, 4.69) is 193 Å². The number of fused-ring (bicyclic) bond motifs is 11. The van der Waals surface area contributed by atoms with Crippen LogP contribution in [0.4, 0.5) is 28.4 Å². The third-order valence-corrected chi connectivity index (χ3v) is 16.5. The van der Waals surface area contributed by atoms with E-state index in [4.69, 9.17) is 0 Å². The lowest BCUT2D eigenvalue weighted by Gasteiger charge is -2.46. The zero-order valence-corrected chi connectivity index (χ0v) is 36.9. The molecule has 2 aliphatic heterocycles. The van der Waals surface area contributed by atoms with E-state index in [0.29, 0.717) is 0 Å². The van der Waals surface area contributed by atoms with E-state index in [0.717, 1.165) is 13.0 Å². The lowest BCUT2D eigenvalue weighted by molar-refractivity contribution is 0.332. The molecular weight excluding hydrogens is 744 g/mol. The second-order valence-electron chi connectivity index (χ2n) is 20.4. The molecule has 7 aromatic carbocycles. The molecule has 8 aromatic rings. The third-order valence-electron chi connectivity index (χ3n) is 15.3. The summed E-state index contributed by atoms with van der Waals surface area (Å²) >= 11 is 1.95. The Labute approximate surface area is 359 Å². The molecule has 2 nitrogen and oxygen atoms in total. The average Bonchev–Trinajstić information content (AvgIpc) is 3.72. The van der Waals surface area contributed by atoms with Crippen LogP contribution in [-0.4, -0.2) is 7.28 Å². The molecule has 0 radical (unpaired) electrons. The molecule has 0 spiro atoms. The number of rotatable bonds is 3. The number of nitrogens with one attached hydrogen (secondary N) is 1. The van der Waals surface area contributed by atoms with Crippen LogP contribution < -0.4 is 21.1 Å². The molecule has 12 rings (SSSR count). The van der Waals surface area contributed by atoms with Crippen molar-refractivity contribution < 1.29 is 0 Å². The molecule has 0 atom stereocenters. The zero-order chi connectivity index (χ0) is 41.1. The summed E-state index contributed by atoms with van der Waals surface area (Å²) in [4.78, 5) is 2.63. The second-order valence-corrected chi connectivity index (χ2v) is 21.5.